The van der Waals surface area contributed by atoms with Gasteiger partial charge in [-0.15, -0.1) is 17.8 Å². The number of amides is 1. The number of carbonyl (C=O) groups is 1. The van der Waals surface area contributed by atoms with Gasteiger partial charge >= 0.3 is 0 Å². The average Bonchev–Trinajstić information content (AvgIpc) is 2.47. The molecule has 0 aliphatic heterocycles. The number of rotatable bonds is 2. The van der Waals surface area contributed by atoms with E-state index in [9.17, 15) is 4.79 Å². The van der Waals surface area contributed by atoms with Gasteiger partial charge in [-0.2, -0.15) is 0 Å². The van der Waals surface area contributed by atoms with Gasteiger partial charge in [0.15, 0.2) is 0 Å². The summed E-state index contributed by atoms with van der Waals surface area (Å²) in [5, 5.41) is 4.53. The molecule has 1 N–H and O–H groups in total. The van der Waals surface area contributed by atoms with Crippen molar-refractivity contribution in [2.24, 2.45) is 0 Å². The van der Waals surface area contributed by atoms with Crippen LogP contribution in [-0.2, 0) is 11.3 Å². The molecular weight excluding hydrogens is 238 g/mol. The molecule has 0 atom stereocenters. The second-order valence-electron chi connectivity index (χ2n) is 2.02. The quantitative estimate of drug-likeness (QED) is 0.789. The van der Waals surface area contributed by atoms with Crippen LogP contribution in [0.2, 0.25) is 0 Å². The summed E-state index contributed by atoms with van der Waals surface area (Å²) >= 11 is 4.92. The smallest absolute Gasteiger partial charge is 0.295 e. The van der Waals surface area contributed by atoms with E-state index in [1.165, 1.54) is 0 Å². The van der Waals surface area contributed by atoms with Gasteiger partial charge in [0.05, 0.1) is 6.54 Å². The molecule has 0 aromatic carbocycles. The summed E-state index contributed by atoms with van der Waals surface area (Å²) < 4.78 is 1.00. The molecule has 1 amide bonds. The summed E-state index contributed by atoms with van der Waals surface area (Å²) in [5.41, 5.74) is 0. The monoisotopic (exact) mass is 243 g/mol. The molecule has 2 nitrogen and oxygen atoms in total. The van der Waals surface area contributed by atoms with Crippen LogP contribution in [0.5, 0.6) is 0 Å². The minimum Gasteiger partial charge on any atom is -0.340 e. The Morgan fingerprint density at radius 3 is 3.08 bits per heavy atom. The molecule has 0 radical (unpaired) electrons. The summed E-state index contributed by atoms with van der Waals surface area (Å²) in [7, 11) is 0. The number of carbonyl (C=O) groups excluding carboxylic acids is 1. The fourth-order valence-electron chi connectivity index (χ4n) is 0.663. The maximum atomic E-state index is 10.7. The first-order valence-corrected chi connectivity index (χ1v) is 4.87. The van der Waals surface area contributed by atoms with Gasteiger partial charge in [-0.05, 0) is 33.3 Å². The minimum absolute atomic E-state index is 0.379. The van der Waals surface area contributed by atoms with Gasteiger partial charge in [-0.3, -0.25) is 4.79 Å². The van der Waals surface area contributed by atoms with E-state index in [0.29, 0.717) is 6.54 Å². The highest BCUT2D eigenvalue weighted by molar-refractivity contribution is 9.10. The number of hydrogen-bond acceptors (Lipinski definition) is 2. The van der Waals surface area contributed by atoms with Gasteiger partial charge in [0.1, 0.15) is 0 Å². The molecule has 1 rings (SSSR count). The zero-order valence-electron chi connectivity index (χ0n) is 6.13. The Bertz CT molecular complexity index is 326. The van der Waals surface area contributed by atoms with Crippen LogP contribution in [0.25, 0.3) is 0 Å². The van der Waals surface area contributed by atoms with Crippen molar-refractivity contribution in [1.29, 1.82) is 0 Å². The first-order valence-electron chi connectivity index (χ1n) is 3.20. The van der Waals surface area contributed by atoms with Gasteiger partial charge in [-0.1, -0.05) is 0 Å². The van der Waals surface area contributed by atoms with E-state index in [-0.39, 0.29) is 5.91 Å². The molecular formula is C8H6BrNOS. The van der Waals surface area contributed by atoms with Crippen molar-refractivity contribution in [3.05, 3.63) is 20.8 Å². The Labute approximate surface area is 83.1 Å². The van der Waals surface area contributed by atoms with Crippen LogP contribution in [0.3, 0.4) is 0 Å². The number of halogens is 1. The molecule has 0 fully saturated rings. The van der Waals surface area contributed by atoms with Gasteiger partial charge < -0.3 is 5.32 Å². The molecule has 12 heavy (non-hydrogen) atoms. The van der Waals surface area contributed by atoms with E-state index in [1.807, 2.05) is 17.4 Å². The van der Waals surface area contributed by atoms with Gasteiger partial charge in [0.2, 0.25) is 0 Å². The van der Waals surface area contributed by atoms with Gasteiger partial charge in [0, 0.05) is 9.35 Å². The molecule has 1 heterocycles. The van der Waals surface area contributed by atoms with Crippen molar-refractivity contribution >= 4 is 33.2 Å². The summed E-state index contributed by atoms with van der Waals surface area (Å²) in [6.07, 6.45) is 4.88. The van der Waals surface area contributed by atoms with Crippen LogP contribution >= 0.6 is 27.3 Å². The fraction of sp³-hybridized carbons (Fsp3) is 0.125. The van der Waals surface area contributed by atoms with E-state index >= 15 is 0 Å². The summed E-state index contributed by atoms with van der Waals surface area (Å²) in [6, 6.07) is 1.93. The standard InChI is InChI=1S/C8H6BrNOS/c1-2-8(11)10-5-7-6(9)3-4-12-7/h1,3-4H,5H2,(H,10,11). The summed E-state index contributed by atoms with van der Waals surface area (Å²) in [5.74, 6) is 1.61. The van der Waals surface area contributed by atoms with Crippen LogP contribution in [0.15, 0.2) is 15.9 Å². The first kappa shape index (κ1) is 9.30. The van der Waals surface area contributed by atoms with Crippen LogP contribution < -0.4 is 5.32 Å². The van der Waals surface area contributed by atoms with Crippen LogP contribution in [-0.4, -0.2) is 5.91 Å². The van der Waals surface area contributed by atoms with Crippen molar-refractivity contribution < 1.29 is 4.79 Å². The van der Waals surface area contributed by atoms with E-state index in [1.54, 1.807) is 11.3 Å². The normalized spacial score (nSPS) is 9.00. The predicted octanol–water partition coefficient (Wildman–Crippen LogP) is 1.76. The second-order valence-corrected chi connectivity index (χ2v) is 3.87. The largest absolute Gasteiger partial charge is 0.340 e. The number of thiophene rings is 1. The Morgan fingerprint density at radius 1 is 1.83 bits per heavy atom. The Morgan fingerprint density at radius 2 is 2.58 bits per heavy atom. The highest BCUT2D eigenvalue weighted by Gasteiger charge is 2.01. The van der Waals surface area contributed by atoms with Gasteiger partial charge in [0.25, 0.3) is 5.91 Å². The SMILES string of the molecule is C#CC(=O)NCc1sccc1Br. The molecule has 0 unspecified atom stereocenters. The minimum atomic E-state index is -0.379. The van der Waals surface area contributed by atoms with Crippen molar-refractivity contribution in [2.75, 3.05) is 0 Å². The maximum Gasteiger partial charge on any atom is 0.295 e. The van der Waals surface area contributed by atoms with Crippen molar-refractivity contribution in [3.8, 4) is 12.3 Å². The third kappa shape index (κ3) is 2.36. The zero-order valence-corrected chi connectivity index (χ0v) is 8.54. The highest BCUT2D eigenvalue weighted by Crippen LogP contribution is 2.21. The molecule has 0 aliphatic rings. The lowest BCUT2D eigenvalue weighted by Gasteiger charge is -1.97. The average molecular weight is 244 g/mol. The third-order valence-electron chi connectivity index (χ3n) is 1.23. The van der Waals surface area contributed by atoms with Crippen molar-refractivity contribution in [3.63, 3.8) is 0 Å². The van der Waals surface area contributed by atoms with Crippen LogP contribution in [0.4, 0.5) is 0 Å². The maximum absolute atomic E-state index is 10.7. The lowest BCUT2D eigenvalue weighted by molar-refractivity contribution is -0.115. The van der Waals surface area contributed by atoms with Crippen molar-refractivity contribution in [2.45, 2.75) is 6.54 Å². The van der Waals surface area contributed by atoms with Crippen LogP contribution in [0, 0.1) is 12.3 Å². The summed E-state index contributed by atoms with van der Waals surface area (Å²) in [4.78, 5) is 11.7. The number of nitrogens with one attached hydrogen (secondary N) is 1. The Hall–Kier alpha value is -0.790. The molecule has 0 spiro atoms. The number of hydrogen-bond donors (Lipinski definition) is 1. The lowest BCUT2D eigenvalue weighted by Crippen LogP contribution is -2.19. The van der Waals surface area contributed by atoms with E-state index in [4.69, 9.17) is 6.42 Å². The molecule has 1 aromatic rings. The summed E-state index contributed by atoms with van der Waals surface area (Å²) in [6.45, 7) is 0.487. The van der Waals surface area contributed by atoms with Crippen LogP contribution in [0.1, 0.15) is 4.88 Å². The first-order chi connectivity index (χ1) is 5.74. The Balaban J connectivity index is 2.50. The lowest BCUT2D eigenvalue weighted by atomic mass is 10.4. The molecule has 62 valence electrons. The predicted molar refractivity (Wildman–Crippen MR) is 52.7 cm³/mol. The topological polar surface area (TPSA) is 29.1 Å². The van der Waals surface area contributed by atoms with Gasteiger partial charge in [-0.25, -0.2) is 0 Å². The van der Waals surface area contributed by atoms with E-state index in [2.05, 4.69) is 21.2 Å². The molecule has 0 saturated carbocycles. The van der Waals surface area contributed by atoms with E-state index in [0.717, 1.165) is 9.35 Å². The number of terminal acetylenes is 1. The molecule has 0 saturated heterocycles. The molecule has 0 aliphatic carbocycles. The van der Waals surface area contributed by atoms with E-state index < -0.39 is 0 Å². The highest BCUT2D eigenvalue weighted by atomic mass is 79.9. The second kappa shape index (κ2) is 4.29. The van der Waals surface area contributed by atoms with Crippen molar-refractivity contribution in [1.82, 2.24) is 5.32 Å². The zero-order chi connectivity index (χ0) is 8.97. The molecule has 0 bridgehead atoms. The Kier molecular flexibility index (Phi) is 3.32. The molecule has 1 aromatic heterocycles. The fourth-order valence-corrected chi connectivity index (χ4v) is 2.10. The third-order valence-corrected chi connectivity index (χ3v) is 3.16. The molecule has 4 heteroatoms.